The van der Waals surface area contributed by atoms with Crippen LogP contribution in [0.15, 0.2) is 65.6 Å². The molecule has 0 aromatic heterocycles. The zero-order valence-electron chi connectivity index (χ0n) is 17.7. The van der Waals surface area contributed by atoms with Gasteiger partial charge in [-0.1, -0.05) is 41.9 Å². The molecule has 1 aliphatic heterocycles. The number of carbonyl (C=O) groups is 2. The smallest absolute Gasteiger partial charge is 0.293 e. The first-order valence-corrected chi connectivity index (χ1v) is 11.4. The third-order valence-corrected chi connectivity index (χ3v) is 6.00. The third-order valence-electron chi connectivity index (χ3n) is 4.84. The van der Waals surface area contributed by atoms with Crippen molar-refractivity contribution in [1.82, 2.24) is 4.90 Å². The molecule has 3 aromatic carbocycles. The van der Waals surface area contributed by atoms with Gasteiger partial charge in [-0.3, -0.25) is 14.5 Å². The van der Waals surface area contributed by atoms with Gasteiger partial charge in [0.25, 0.3) is 11.1 Å². The zero-order chi connectivity index (χ0) is 22.7. The van der Waals surface area contributed by atoms with Crippen molar-refractivity contribution in [1.29, 1.82) is 0 Å². The number of carbonyl (C=O) groups excluding carboxylic acids is 2. The second kappa shape index (κ2) is 9.67. The van der Waals surface area contributed by atoms with E-state index < -0.39 is 0 Å². The normalized spacial score (nSPS) is 15.2. The summed E-state index contributed by atoms with van der Waals surface area (Å²) < 4.78 is 11.6. The fourth-order valence-electron chi connectivity index (χ4n) is 3.39. The minimum atomic E-state index is -0.330. The lowest BCUT2D eigenvalue weighted by atomic mass is 10.0. The van der Waals surface area contributed by atoms with E-state index >= 15 is 0 Å². The molecule has 0 bridgehead atoms. The van der Waals surface area contributed by atoms with Gasteiger partial charge < -0.3 is 9.47 Å². The van der Waals surface area contributed by atoms with Crippen LogP contribution in [0.25, 0.3) is 16.8 Å². The molecule has 0 atom stereocenters. The predicted molar refractivity (Wildman–Crippen MR) is 129 cm³/mol. The Morgan fingerprint density at radius 3 is 2.53 bits per heavy atom. The number of amides is 2. The van der Waals surface area contributed by atoms with E-state index in [1.165, 1.54) is 4.90 Å². The standard InChI is InChI=1S/C25H22ClNO4S/c1-16(2)31-22-12-7-17-5-3-4-6-20(17)21(22)15-23-24(28)27(25(29)32-23)13-14-30-19-10-8-18(26)9-11-19/h3-12,15-16H,13-14H2,1-2H3/b23-15-. The Balaban J connectivity index is 1.56. The Bertz CT molecular complexity index is 1190. The number of benzene rings is 3. The van der Waals surface area contributed by atoms with Crippen LogP contribution in [0.5, 0.6) is 11.5 Å². The van der Waals surface area contributed by atoms with Crippen LogP contribution in [0.3, 0.4) is 0 Å². The van der Waals surface area contributed by atoms with Gasteiger partial charge in [0.2, 0.25) is 0 Å². The van der Waals surface area contributed by atoms with E-state index in [1.807, 2.05) is 50.2 Å². The molecule has 1 fully saturated rings. The molecule has 2 amide bonds. The van der Waals surface area contributed by atoms with Crippen LogP contribution in [0, 0.1) is 0 Å². The molecule has 0 N–H and O–H groups in total. The van der Waals surface area contributed by atoms with Crippen molar-refractivity contribution in [3.05, 3.63) is 76.2 Å². The summed E-state index contributed by atoms with van der Waals surface area (Å²) in [4.78, 5) is 27.1. The number of thioether (sulfide) groups is 1. The number of rotatable bonds is 7. The minimum Gasteiger partial charge on any atom is -0.492 e. The van der Waals surface area contributed by atoms with Crippen LogP contribution in [0.2, 0.25) is 5.02 Å². The number of imide groups is 1. The number of nitrogens with zero attached hydrogens (tertiary/aromatic N) is 1. The van der Waals surface area contributed by atoms with Gasteiger partial charge in [-0.05, 0) is 72.8 Å². The van der Waals surface area contributed by atoms with E-state index in [-0.39, 0.29) is 30.4 Å². The van der Waals surface area contributed by atoms with Crippen molar-refractivity contribution in [2.24, 2.45) is 0 Å². The Kier molecular flexibility index (Phi) is 6.72. The molecule has 164 valence electrons. The summed E-state index contributed by atoms with van der Waals surface area (Å²) in [5, 5.41) is 2.30. The lowest BCUT2D eigenvalue weighted by Gasteiger charge is -2.15. The van der Waals surface area contributed by atoms with E-state index in [9.17, 15) is 9.59 Å². The second-order valence-electron chi connectivity index (χ2n) is 7.50. The highest BCUT2D eigenvalue weighted by Gasteiger charge is 2.35. The summed E-state index contributed by atoms with van der Waals surface area (Å²) in [6.07, 6.45) is 1.73. The summed E-state index contributed by atoms with van der Waals surface area (Å²) in [5.74, 6) is 0.975. The first kappa shape index (κ1) is 22.2. The Labute approximate surface area is 195 Å². The molecule has 7 heteroatoms. The molecule has 0 saturated carbocycles. The monoisotopic (exact) mass is 467 g/mol. The largest absolute Gasteiger partial charge is 0.492 e. The first-order chi connectivity index (χ1) is 15.4. The average Bonchev–Trinajstić information content (AvgIpc) is 3.03. The van der Waals surface area contributed by atoms with Crippen LogP contribution in [-0.2, 0) is 4.79 Å². The van der Waals surface area contributed by atoms with Crippen molar-refractivity contribution in [3.63, 3.8) is 0 Å². The summed E-state index contributed by atoms with van der Waals surface area (Å²) in [6, 6.07) is 18.7. The molecule has 0 unspecified atom stereocenters. The van der Waals surface area contributed by atoms with Crippen molar-refractivity contribution in [3.8, 4) is 11.5 Å². The summed E-state index contributed by atoms with van der Waals surface area (Å²) in [7, 11) is 0. The number of ether oxygens (including phenoxy) is 2. The Hall–Kier alpha value is -2.96. The van der Waals surface area contributed by atoms with E-state index in [1.54, 1.807) is 30.3 Å². The van der Waals surface area contributed by atoms with Crippen LogP contribution in [0.4, 0.5) is 4.79 Å². The van der Waals surface area contributed by atoms with E-state index in [2.05, 4.69) is 0 Å². The van der Waals surface area contributed by atoms with Crippen LogP contribution >= 0.6 is 23.4 Å². The van der Waals surface area contributed by atoms with Crippen molar-refractivity contribution < 1.29 is 19.1 Å². The molecule has 5 nitrogen and oxygen atoms in total. The van der Waals surface area contributed by atoms with E-state index in [0.717, 1.165) is 28.1 Å². The number of halogens is 1. The highest BCUT2D eigenvalue weighted by atomic mass is 35.5. The molecule has 0 aliphatic carbocycles. The highest BCUT2D eigenvalue weighted by Crippen LogP contribution is 2.37. The molecule has 4 rings (SSSR count). The van der Waals surface area contributed by atoms with Gasteiger partial charge in [-0.2, -0.15) is 0 Å². The van der Waals surface area contributed by atoms with E-state index in [4.69, 9.17) is 21.1 Å². The van der Waals surface area contributed by atoms with Gasteiger partial charge >= 0.3 is 0 Å². The molecule has 1 heterocycles. The topological polar surface area (TPSA) is 55.8 Å². The van der Waals surface area contributed by atoms with E-state index in [0.29, 0.717) is 21.4 Å². The molecule has 0 spiro atoms. The van der Waals surface area contributed by atoms with Crippen LogP contribution < -0.4 is 9.47 Å². The average molecular weight is 468 g/mol. The van der Waals surface area contributed by atoms with Gasteiger partial charge in [0, 0.05) is 10.6 Å². The SMILES string of the molecule is CC(C)Oc1ccc2ccccc2c1/C=C1\SC(=O)N(CCOc2ccc(Cl)cc2)C1=O. The van der Waals surface area contributed by atoms with Crippen molar-refractivity contribution >= 4 is 51.4 Å². The maximum Gasteiger partial charge on any atom is 0.293 e. The number of fused-ring (bicyclic) bond motifs is 1. The maximum absolute atomic E-state index is 13.0. The van der Waals surface area contributed by atoms with Gasteiger partial charge in [-0.15, -0.1) is 0 Å². The Morgan fingerprint density at radius 2 is 1.78 bits per heavy atom. The molecule has 32 heavy (non-hydrogen) atoms. The van der Waals surface area contributed by atoms with Crippen molar-refractivity contribution in [2.45, 2.75) is 20.0 Å². The summed E-state index contributed by atoms with van der Waals surface area (Å²) >= 11 is 6.81. The van der Waals surface area contributed by atoms with Gasteiger partial charge in [0.05, 0.1) is 17.6 Å². The highest BCUT2D eigenvalue weighted by molar-refractivity contribution is 8.18. The van der Waals surface area contributed by atoms with Gasteiger partial charge in [-0.25, -0.2) is 0 Å². The molecular formula is C25H22ClNO4S. The van der Waals surface area contributed by atoms with Crippen molar-refractivity contribution in [2.75, 3.05) is 13.2 Å². The fraction of sp³-hybridized carbons (Fsp3) is 0.200. The molecule has 1 saturated heterocycles. The lowest BCUT2D eigenvalue weighted by molar-refractivity contribution is -0.123. The molecular weight excluding hydrogens is 446 g/mol. The Morgan fingerprint density at radius 1 is 1.03 bits per heavy atom. The summed E-state index contributed by atoms with van der Waals surface area (Å²) in [6.45, 7) is 4.26. The molecule has 3 aromatic rings. The summed E-state index contributed by atoms with van der Waals surface area (Å²) in [5.41, 5.74) is 0.791. The quantitative estimate of drug-likeness (QED) is 0.376. The first-order valence-electron chi connectivity index (χ1n) is 10.2. The predicted octanol–water partition coefficient (Wildman–Crippen LogP) is 6.40. The van der Waals surface area contributed by atoms with Crippen LogP contribution in [-0.4, -0.2) is 35.3 Å². The zero-order valence-corrected chi connectivity index (χ0v) is 19.3. The number of hydrogen-bond acceptors (Lipinski definition) is 5. The maximum atomic E-state index is 13.0. The minimum absolute atomic E-state index is 0.0246. The fourth-order valence-corrected chi connectivity index (χ4v) is 4.36. The van der Waals surface area contributed by atoms with Gasteiger partial charge in [0.15, 0.2) is 0 Å². The molecule has 1 aliphatic rings. The number of hydrogen-bond donors (Lipinski definition) is 0. The van der Waals surface area contributed by atoms with Crippen LogP contribution in [0.1, 0.15) is 19.4 Å². The third kappa shape index (κ3) is 4.92. The lowest BCUT2D eigenvalue weighted by Crippen LogP contribution is -2.32. The van der Waals surface area contributed by atoms with Gasteiger partial charge in [0.1, 0.15) is 18.1 Å². The molecule has 0 radical (unpaired) electrons. The second-order valence-corrected chi connectivity index (χ2v) is 8.93.